The van der Waals surface area contributed by atoms with Gasteiger partial charge in [-0.2, -0.15) is 0 Å². The Morgan fingerprint density at radius 2 is 1.52 bits per heavy atom. The third-order valence-corrected chi connectivity index (χ3v) is 5.05. The highest BCUT2D eigenvalue weighted by atomic mass is 16.2. The van der Waals surface area contributed by atoms with Gasteiger partial charge in [-0.05, 0) is 25.8 Å². The number of nitrogens with one attached hydrogen (secondary N) is 3. The van der Waals surface area contributed by atoms with Crippen LogP contribution in [0.2, 0.25) is 0 Å². The molecule has 0 aromatic rings. The maximum absolute atomic E-state index is 12.8. The van der Waals surface area contributed by atoms with Crippen LogP contribution in [0.4, 0.5) is 4.79 Å². The molecule has 0 fully saturated rings. The highest BCUT2D eigenvalue weighted by molar-refractivity contribution is 6.12. The maximum Gasteiger partial charge on any atom is 0.314 e. The fourth-order valence-corrected chi connectivity index (χ4v) is 3.47. The highest BCUT2D eigenvalue weighted by Gasteiger charge is 2.30. The van der Waals surface area contributed by atoms with Gasteiger partial charge in [0.1, 0.15) is 0 Å². The molecule has 0 aliphatic carbocycles. The number of ketones is 1. The summed E-state index contributed by atoms with van der Waals surface area (Å²) in [6.45, 7) is 10.0. The van der Waals surface area contributed by atoms with Crippen LogP contribution >= 0.6 is 0 Å². The van der Waals surface area contributed by atoms with Crippen LogP contribution in [-0.4, -0.2) is 84.6 Å². The summed E-state index contributed by atoms with van der Waals surface area (Å²) in [4.78, 5) is 62.3. The molecule has 3 N–H and O–H groups in total. The predicted octanol–water partition coefficient (Wildman–Crippen LogP) is -0.103. The Morgan fingerprint density at radius 1 is 0.968 bits per heavy atom. The summed E-state index contributed by atoms with van der Waals surface area (Å²) in [5.41, 5.74) is 0. The van der Waals surface area contributed by atoms with E-state index in [4.69, 9.17) is 0 Å². The molecule has 174 valence electrons. The Hall–Kier alpha value is -2.75. The van der Waals surface area contributed by atoms with Crippen molar-refractivity contribution in [3.8, 4) is 0 Å². The SMILES string of the molecule is CC(=O)[C@@H](NC(=O)C(C(C)C)N(C)CCNC(=O)NCCN1C(=O)C=CC1=O)C(C)C. The van der Waals surface area contributed by atoms with Gasteiger partial charge in [0.05, 0.1) is 12.1 Å². The van der Waals surface area contributed by atoms with Gasteiger partial charge in [0.25, 0.3) is 11.8 Å². The van der Waals surface area contributed by atoms with Gasteiger partial charge >= 0.3 is 6.03 Å². The van der Waals surface area contributed by atoms with Gasteiger partial charge in [-0.25, -0.2) is 4.79 Å². The largest absolute Gasteiger partial charge is 0.345 e. The van der Waals surface area contributed by atoms with E-state index in [-0.39, 0.29) is 36.6 Å². The Morgan fingerprint density at radius 3 is 2.00 bits per heavy atom. The van der Waals surface area contributed by atoms with Crippen molar-refractivity contribution in [1.82, 2.24) is 25.8 Å². The van der Waals surface area contributed by atoms with Crippen LogP contribution in [0.15, 0.2) is 12.2 Å². The average Bonchev–Trinajstić information content (AvgIpc) is 2.97. The maximum atomic E-state index is 12.8. The van der Waals surface area contributed by atoms with Crippen LogP contribution in [0.1, 0.15) is 34.6 Å². The van der Waals surface area contributed by atoms with Crippen LogP contribution in [0.5, 0.6) is 0 Å². The van der Waals surface area contributed by atoms with Crippen molar-refractivity contribution in [3.63, 3.8) is 0 Å². The second kappa shape index (κ2) is 12.2. The molecule has 1 aliphatic rings. The lowest BCUT2D eigenvalue weighted by Crippen LogP contribution is -2.55. The molecule has 31 heavy (non-hydrogen) atoms. The molecule has 0 radical (unpaired) electrons. The number of carbonyl (C=O) groups is 5. The Labute approximate surface area is 183 Å². The van der Waals surface area contributed by atoms with Crippen molar-refractivity contribution in [2.24, 2.45) is 11.8 Å². The van der Waals surface area contributed by atoms with Crippen LogP contribution in [0.3, 0.4) is 0 Å². The Bertz CT molecular complexity index is 701. The van der Waals surface area contributed by atoms with Crippen molar-refractivity contribution in [1.29, 1.82) is 0 Å². The standard InChI is InChI=1S/C21H35N5O5/c1-13(2)18(15(5)27)24-20(30)19(14(3)4)25(6)11-9-22-21(31)23-10-12-26-16(28)7-8-17(26)29/h7-8,13-14,18-19H,9-12H2,1-6H3,(H,24,30)(H2,22,23,31)/t18-,19?/m0/s1. The van der Waals surface area contributed by atoms with Gasteiger partial charge in [0.15, 0.2) is 5.78 Å². The first-order valence-electron chi connectivity index (χ1n) is 10.5. The third kappa shape index (κ3) is 8.12. The molecule has 0 saturated heterocycles. The average molecular weight is 438 g/mol. The minimum Gasteiger partial charge on any atom is -0.345 e. The number of rotatable bonds is 12. The summed E-state index contributed by atoms with van der Waals surface area (Å²) in [7, 11) is 1.79. The van der Waals surface area contributed by atoms with Crippen molar-refractivity contribution < 1.29 is 24.0 Å². The van der Waals surface area contributed by atoms with E-state index in [0.29, 0.717) is 13.1 Å². The monoisotopic (exact) mass is 437 g/mol. The fraction of sp³-hybridized carbons (Fsp3) is 0.667. The van der Waals surface area contributed by atoms with Crippen LogP contribution in [-0.2, 0) is 19.2 Å². The van der Waals surface area contributed by atoms with Crippen molar-refractivity contribution in [3.05, 3.63) is 12.2 Å². The van der Waals surface area contributed by atoms with Crippen LogP contribution in [0, 0.1) is 11.8 Å². The number of carbonyl (C=O) groups excluding carboxylic acids is 5. The summed E-state index contributed by atoms with van der Waals surface area (Å²) in [5.74, 6) is -1.09. The number of imide groups is 1. The van der Waals surface area contributed by atoms with Crippen molar-refractivity contribution in [2.75, 3.05) is 33.2 Å². The normalized spacial score (nSPS) is 15.6. The molecule has 0 aromatic carbocycles. The van der Waals surface area contributed by atoms with E-state index in [2.05, 4.69) is 16.0 Å². The molecular weight excluding hydrogens is 402 g/mol. The molecule has 0 spiro atoms. The van der Waals surface area contributed by atoms with E-state index in [0.717, 1.165) is 4.90 Å². The van der Waals surface area contributed by atoms with Gasteiger partial charge in [-0.1, -0.05) is 27.7 Å². The summed E-state index contributed by atoms with van der Waals surface area (Å²) in [6, 6.07) is -1.41. The summed E-state index contributed by atoms with van der Waals surface area (Å²) < 4.78 is 0. The quantitative estimate of drug-likeness (QED) is 0.366. The smallest absolute Gasteiger partial charge is 0.314 e. The zero-order chi connectivity index (χ0) is 23.7. The first kappa shape index (κ1) is 26.3. The summed E-state index contributed by atoms with van der Waals surface area (Å²) in [6.07, 6.45) is 2.39. The number of urea groups is 1. The van der Waals surface area contributed by atoms with Gasteiger partial charge in [-0.3, -0.25) is 29.0 Å². The molecule has 1 rings (SSSR count). The van der Waals surface area contributed by atoms with Gasteiger partial charge in [0.2, 0.25) is 5.91 Å². The van der Waals surface area contributed by atoms with E-state index < -0.39 is 29.9 Å². The van der Waals surface area contributed by atoms with E-state index in [1.807, 2.05) is 32.6 Å². The lowest BCUT2D eigenvalue weighted by atomic mass is 9.97. The Kier molecular flexibility index (Phi) is 10.3. The molecule has 2 atom stereocenters. The van der Waals surface area contributed by atoms with Crippen molar-refractivity contribution in [2.45, 2.75) is 46.7 Å². The number of hydrogen-bond acceptors (Lipinski definition) is 6. The van der Waals surface area contributed by atoms with Crippen LogP contribution < -0.4 is 16.0 Å². The molecular formula is C21H35N5O5. The van der Waals surface area contributed by atoms with Crippen LogP contribution in [0.25, 0.3) is 0 Å². The zero-order valence-electron chi connectivity index (χ0n) is 19.2. The molecule has 0 aromatic heterocycles. The lowest BCUT2D eigenvalue weighted by molar-refractivity contribution is -0.136. The summed E-state index contributed by atoms with van der Waals surface area (Å²) in [5, 5.41) is 8.13. The third-order valence-electron chi connectivity index (χ3n) is 5.05. The Balaban J connectivity index is 2.44. The van der Waals surface area contributed by atoms with E-state index >= 15 is 0 Å². The number of Topliss-reactive ketones (excluding diaryl/α,β-unsaturated/α-hetero) is 1. The molecule has 0 bridgehead atoms. The highest BCUT2D eigenvalue weighted by Crippen LogP contribution is 2.11. The van der Waals surface area contributed by atoms with Gasteiger partial charge < -0.3 is 16.0 Å². The second-order valence-corrected chi connectivity index (χ2v) is 8.35. The molecule has 1 heterocycles. The molecule has 1 unspecified atom stereocenters. The fourth-order valence-electron chi connectivity index (χ4n) is 3.47. The lowest BCUT2D eigenvalue weighted by Gasteiger charge is -2.32. The first-order valence-corrected chi connectivity index (χ1v) is 10.5. The second-order valence-electron chi connectivity index (χ2n) is 8.35. The number of amides is 5. The predicted molar refractivity (Wildman–Crippen MR) is 116 cm³/mol. The zero-order valence-corrected chi connectivity index (χ0v) is 19.2. The molecule has 10 nitrogen and oxygen atoms in total. The van der Waals surface area contributed by atoms with Crippen molar-refractivity contribution >= 4 is 29.5 Å². The van der Waals surface area contributed by atoms with E-state index in [1.54, 1.807) is 7.05 Å². The number of hydrogen-bond donors (Lipinski definition) is 3. The topological polar surface area (TPSA) is 128 Å². The minimum atomic E-state index is -0.532. The van der Waals surface area contributed by atoms with Gasteiger partial charge in [0, 0.05) is 38.3 Å². The van der Waals surface area contributed by atoms with E-state index in [9.17, 15) is 24.0 Å². The van der Waals surface area contributed by atoms with Gasteiger partial charge in [-0.15, -0.1) is 0 Å². The van der Waals surface area contributed by atoms with E-state index in [1.165, 1.54) is 19.1 Å². The molecule has 5 amide bonds. The molecule has 0 saturated carbocycles. The number of likely N-dealkylation sites (N-methyl/N-ethyl adjacent to an activating group) is 1. The molecule has 10 heteroatoms. The molecule has 1 aliphatic heterocycles. The number of nitrogens with zero attached hydrogens (tertiary/aromatic N) is 2. The summed E-state index contributed by atoms with van der Waals surface area (Å²) >= 11 is 0. The minimum absolute atomic E-state index is 0.00254. The first-order chi connectivity index (χ1) is 14.5.